The highest BCUT2D eigenvalue weighted by Gasteiger charge is 2.30. The molecule has 0 spiro atoms. The van der Waals surface area contributed by atoms with Gasteiger partial charge in [-0.3, -0.25) is 9.69 Å². The van der Waals surface area contributed by atoms with Crippen molar-refractivity contribution < 1.29 is 28.6 Å². The van der Waals surface area contributed by atoms with E-state index in [0.29, 0.717) is 31.0 Å². The highest BCUT2D eigenvalue weighted by molar-refractivity contribution is 7.21. The first-order valence-electron chi connectivity index (χ1n) is 16.6. The third kappa shape index (κ3) is 6.54. The molecule has 2 fully saturated rings. The molecule has 11 heteroatoms. The highest BCUT2D eigenvalue weighted by Crippen LogP contribution is 2.47. The number of amides is 1. The number of hydrogen-bond donors (Lipinski definition) is 2. The van der Waals surface area contributed by atoms with Crippen LogP contribution in [0.3, 0.4) is 0 Å². The molecule has 0 unspecified atom stereocenters. The minimum atomic E-state index is -0.960. The van der Waals surface area contributed by atoms with E-state index in [4.69, 9.17) is 14.5 Å². The Morgan fingerprint density at radius 2 is 1.83 bits per heavy atom. The minimum absolute atomic E-state index is 0.0791. The summed E-state index contributed by atoms with van der Waals surface area (Å²) in [5, 5.41) is 14.0. The zero-order valence-electron chi connectivity index (χ0n) is 27.0. The van der Waals surface area contributed by atoms with E-state index in [1.807, 2.05) is 28.8 Å². The topological polar surface area (TPSA) is 106 Å². The molecule has 2 aliphatic rings. The van der Waals surface area contributed by atoms with E-state index < -0.39 is 11.8 Å². The van der Waals surface area contributed by atoms with Crippen LogP contribution in [0.1, 0.15) is 53.3 Å². The maximum atomic E-state index is 14.5. The Balaban J connectivity index is 1.28. The Morgan fingerprint density at radius 3 is 2.58 bits per heavy atom. The molecule has 3 aromatic heterocycles. The number of ether oxygens (including phenoxy) is 2. The summed E-state index contributed by atoms with van der Waals surface area (Å²) in [6.07, 6.45) is 5.47. The van der Waals surface area contributed by atoms with Gasteiger partial charge in [-0.05, 0) is 72.4 Å². The number of methoxy groups -OCH3 is 1. The van der Waals surface area contributed by atoms with Gasteiger partial charge < -0.3 is 24.5 Å². The molecule has 2 aromatic carbocycles. The van der Waals surface area contributed by atoms with Crippen LogP contribution in [-0.4, -0.2) is 77.9 Å². The van der Waals surface area contributed by atoms with Crippen LogP contribution in [0.15, 0.2) is 54.6 Å². The number of carboxylic acids is 1. The smallest absolute Gasteiger partial charge is 0.345 e. The number of aromatic carboxylic acids is 1. The summed E-state index contributed by atoms with van der Waals surface area (Å²) in [6.45, 7) is 4.47. The number of rotatable bonds is 10. The van der Waals surface area contributed by atoms with E-state index in [-0.39, 0.29) is 29.0 Å². The quantitative estimate of drug-likeness (QED) is 0.166. The molecule has 9 nitrogen and oxygen atoms in total. The maximum Gasteiger partial charge on any atom is 0.345 e. The standard InChI is InChI=1S/C37H39FN4O5S/c1-46-31-12-9-25(20-27(31)38)29-10-7-24-19-26(8-11-28(24)40-29)35-34(23-5-3-2-4-6-23)36-30(21-32(48-36)37(44)45)42(35)22-33(43)39-13-14-41-15-17-47-18-16-41/h7-12,19-21,23H,2-6,13-18,22H2,1H3,(H,39,43)(H,44,45). The van der Waals surface area contributed by atoms with Gasteiger partial charge in [-0.25, -0.2) is 14.2 Å². The summed E-state index contributed by atoms with van der Waals surface area (Å²) in [4.78, 5) is 33.1. The van der Waals surface area contributed by atoms with Gasteiger partial charge in [0.2, 0.25) is 5.91 Å². The molecule has 0 atom stereocenters. The number of aromatic nitrogens is 2. The molecule has 5 aromatic rings. The molecule has 0 bridgehead atoms. The van der Waals surface area contributed by atoms with Crippen molar-refractivity contribution >= 4 is 44.3 Å². The number of thiophene rings is 1. The van der Waals surface area contributed by atoms with E-state index in [1.54, 1.807) is 18.2 Å². The number of morpholine rings is 1. The number of benzene rings is 2. The second kappa shape index (κ2) is 14.0. The molecule has 0 radical (unpaired) electrons. The summed E-state index contributed by atoms with van der Waals surface area (Å²) in [6, 6.07) is 16.5. The van der Waals surface area contributed by atoms with Gasteiger partial charge in [0.1, 0.15) is 11.4 Å². The number of pyridine rings is 1. The first-order chi connectivity index (χ1) is 23.4. The number of nitrogens with zero attached hydrogens (tertiary/aromatic N) is 3. The average Bonchev–Trinajstić information content (AvgIpc) is 3.67. The van der Waals surface area contributed by atoms with Crippen molar-refractivity contribution in [3.63, 3.8) is 0 Å². The molecule has 1 saturated heterocycles. The Morgan fingerprint density at radius 1 is 1.04 bits per heavy atom. The van der Waals surface area contributed by atoms with Crippen LogP contribution in [0.2, 0.25) is 0 Å². The zero-order valence-corrected chi connectivity index (χ0v) is 27.8. The molecule has 1 aliphatic carbocycles. The first kappa shape index (κ1) is 32.2. The lowest BCUT2D eigenvalue weighted by molar-refractivity contribution is -0.121. The largest absolute Gasteiger partial charge is 0.494 e. The van der Waals surface area contributed by atoms with Crippen molar-refractivity contribution in [2.45, 2.75) is 44.6 Å². The number of fused-ring (bicyclic) bond motifs is 2. The molecule has 1 aliphatic heterocycles. The summed E-state index contributed by atoms with van der Waals surface area (Å²) in [7, 11) is 1.44. The molecule has 4 heterocycles. The van der Waals surface area contributed by atoms with Crippen LogP contribution in [0, 0.1) is 5.82 Å². The fraction of sp³-hybridized carbons (Fsp3) is 0.378. The average molecular weight is 671 g/mol. The molecule has 1 saturated carbocycles. The lowest BCUT2D eigenvalue weighted by Crippen LogP contribution is -2.41. The first-order valence-corrected chi connectivity index (χ1v) is 17.4. The van der Waals surface area contributed by atoms with E-state index in [1.165, 1.54) is 30.9 Å². The lowest BCUT2D eigenvalue weighted by atomic mass is 9.83. The minimum Gasteiger partial charge on any atom is -0.494 e. The maximum absolute atomic E-state index is 14.5. The van der Waals surface area contributed by atoms with E-state index >= 15 is 0 Å². The lowest BCUT2D eigenvalue weighted by Gasteiger charge is -2.26. The Labute approximate surface area is 282 Å². The highest BCUT2D eigenvalue weighted by atomic mass is 32.1. The fourth-order valence-corrected chi connectivity index (χ4v) is 8.26. The monoisotopic (exact) mass is 670 g/mol. The van der Waals surface area contributed by atoms with Gasteiger partial charge in [-0.1, -0.05) is 31.4 Å². The third-order valence-corrected chi connectivity index (χ3v) is 10.7. The van der Waals surface area contributed by atoms with Crippen molar-refractivity contribution in [3.8, 4) is 28.3 Å². The number of hydrogen-bond acceptors (Lipinski definition) is 7. The van der Waals surface area contributed by atoms with Gasteiger partial charge in [0.05, 0.1) is 47.4 Å². The van der Waals surface area contributed by atoms with Crippen LogP contribution in [0.4, 0.5) is 4.39 Å². The van der Waals surface area contributed by atoms with E-state index in [2.05, 4.69) is 16.3 Å². The van der Waals surface area contributed by atoms with Crippen molar-refractivity contribution in [1.29, 1.82) is 0 Å². The normalized spacial score (nSPS) is 16.0. The number of halogens is 1. The van der Waals surface area contributed by atoms with Crippen LogP contribution in [0.5, 0.6) is 5.75 Å². The van der Waals surface area contributed by atoms with Gasteiger partial charge in [0, 0.05) is 37.1 Å². The van der Waals surface area contributed by atoms with Crippen molar-refractivity contribution in [2.75, 3.05) is 46.5 Å². The summed E-state index contributed by atoms with van der Waals surface area (Å²) in [5.41, 5.74) is 5.91. The predicted octanol–water partition coefficient (Wildman–Crippen LogP) is 6.93. The number of carbonyl (C=O) groups is 2. The number of nitrogens with one attached hydrogen (secondary N) is 1. The second-order valence-electron chi connectivity index (χ2n) is 12.6. The summed E-state index contributed by atoms with van der Waals surface area (Å²) in [5.74, 6) is -1.07. The van der Waals surface area contributed by atoms with Gasteiger partial charge in [-0.2, -0.15) is 0 Å². The molecule has 250 valence electrons. The number of carboxylic acid groups (broad SMARTS) is 1. The molecule has 1 amide bonds. The van der Waals surface area contributed by atoms with Crippen molar-refractivity contribution in [2.24, 2.45) is 0 Å². The molecule has 2 N–H and O–H groups in total. The predicted molar refractivity (Wildman–Crippen MR) is 186 cm³/mol. The van der Waals surface area contributed by atoms with Gasteiger partial charge >= 0.3 is 5.97 Å². The number of carbonyl (C=O) groups excluding carboxylic acids is 1. The molecule has 48 heavy (non-hydrogen) atoms. The van der Waals surface area contributed by atoms with E-state index in [9.17, 15) is 19.1 Å². The van der Waals surface area contributed by atoms with Gasteiger partial charge in [-0.15, -0.1) is 11.3 Å². The van der Waals surface area contributed by atoms with Crippen LogP contribution in [-0.2, 0) is 16.1 Å². The zero-order chi connectivity index (χ0) is 33.2. The van der Waals surface area contributed by atoms with Gasteiger partial charge in [0.15, 0.2) is 11.6 Å². The summed E-state index contributed by atoms with van der Waals surface area (Å²) < 4.78 is 28.0. The molecule has 7 rings (SSSR count). The Hall–Kier alpha value is -4.32. The van der Waals surface area contributed by atoms with Gasteiger partial charge in [0.25, 0.3) is 0 Å². The van der Waals surface area contributed by atoms with E-state index in [0.717, 1.165) is 83.3 Å². The fourth-order valence-electron chi connectivity index (χ4n) is 7.14. The van der Waals surface area contributed by atoms with Crippen molar-refractivity contribution in [1.82, 2.24) is 19.8 Å². The Kier molecular flexibility index (Phi) is 9.43. The SMILES string of the molecule is COc1ccc(-c2ccc3cc(-c4c(C5CCCCC5)c5sc(C(=O)O)cc5n4CC(=O)NCCN4CCOCC4)ccc3n2)cc1F. The molecular formula is C37H39FN4O5S. The van der Waals surface area contributed by atoms with Crippen molar-refractivity contribution in [3.05, 3.63) is 70.9 Å². The van der Waals surface area contributed by atoms with Crippen LogP contribution in [0.25, 0.3) is 43.6 Å². The molecular weight excluding hydrogens is 631 g/mol. The third-order valence-electron chi connectivity index (χ3n) is 9.56. The Bertz CT molecular complexity index is 1980. The van der Waals surface area contributed by atoms with Crippen LogP contribution < -0.4 is 10.1 Å². The van der Waals surface area contributed by atoms with Crippen LogP contribution >= 0.6 is 11.3 Å². The summed E-state index contributed by atoms with van der Waals surface area (Å²) >= 11 is 1.30. The second-order valence-corrected chi connectivity index (χ2v) is 13.6.